The van der Waals surface area contributed by atoms with Gasteiger partial charge in [-0.1, -0.05) is 0 Å². The number of imidazole rings is 1. The Kier molecular flexibility index (Phi) is 6.27. The molecule has 142 valence electrons. The molecule has 0 aromatic carbocycles. The first-order chi connectivity index (χ1) is 12.2. The minimum atomic E-state index is -3.37. The van der Waals surface area contributed by atoms with Gasteiger partial charge in [0.05, 0.1) is 18.5 Å². The molecule has 0 unspecified atom stereocenters. The first-order valence-corrected chi connectivity index (χ1v) is 9.78. The van der Waals surface area contributed by atoms with Gasteiger partial charge in [0.2, 0.25) is 15.9 Å². The van der Waals surface area contributed by atoms with Crippen molar-refractivity contribution in [2.75, 3.05) is 38.3 Å². The van der Waals surface area contributed by atoms with E-state index in [0.29, 0.717) is 24.7 Å². The molecule has 2 aromatic heterocycles. The number of rotatable bonds is 8. The van der Waals surface area contributed by atoms with Crippen LogP contribution >= 0.6 is 0 Å². The molecule has 10 nitrogen and oxygen atoms in total. The molecule has 0 fully saturated rings. The van der Waals surface area contributed by atoms with E-state index in [1.165, 1.54) is 13.4 Å². The minimum absolute atomic E-state index is 0.213. The number of nitrogens with one attached hydrogen (secondary N) is 2. The van der Waals surface area contributed by atoms with Gasteiger partial charge >= 0.3 is 0 Å². The first kappa shape index (κ1) is 19.8. The van der Waals surface area contributed by atoms with Crippen LogP contribution in [-0.2, 0) is 14.8 Å². The van der Waals surface area contributed by atoms with Crippen molar-refractivity contribution in [3.8, 4) is 5.82 Å². The molecule has 0 aliphatic carbocycles. The summed E-state index contributed by atoms with van der Waals surface area (Å²) in [5.74, 6) is 0.940. The second kappa shape index (κ2) is 8.23. The summed E-state index contributed by atoms with van der Waals surface area (Å²) >= 11 is 0. The van der Waals surface area contributed by atoms with Crippen LogP contribution < -0.4 is 10.6 Å². The summed E-state index contributed by atoms with van der Waals surface area (Å²) in [6, 6.07) is 1.79. The maximum atomic E-state index is 11.7. The zero-order chi connectivity index (χ0) is 19.3. The van der Waals surface area contributed by atoms with Gasteiger partial charge < -0.3 is 10.6 Å². The van der Waals surface area contributed by atoms with Crippen molar-refractivity contribution in [1.29, 1.82) is 0 Å². The number of sulfonamides is 1. The van der Waals surface area contributed by atoms with Crippen LogP contribution in [0.3, 0.4) is 0 Å². The van der Waals surface area contributed by atoms with E-state index in [-0.39, 0.29) is 12.5 Å². The van der Waals surface area contributed by atoms with Gasteiger partial charge in [-0.3, -0.25) is 9.36 Å². The van der Waals surface area contributed by atoms with Gasteiger partial charge in [0.25, 0.3) is 0 Å². The largest absolute Gasteiger partial charge is 0.368 e. The Morgan fingerprint density at radius 2 is 1.96 bits per heavy atom. The van der Waals surface area contributed by atoms with Crippen molar-refractivity contribution in [3.05, 3.63) is 30.1 Å². The quantitative estimate of drug-likeness (QED) is 0.602. The minimum Gasteiger partial charge on any atom is -0.368 e. The van der Waals surface area contributed by atoms with Crippen LogP contribution in [-0.4, -0.2) is 71.1 Å². The lowest BCUT2D eigenvalue weighted by molar-refractivity contribution is -0.121. The van der Waals surface area contributed by atoms with Gasteiger partial charge in [0.1, 0.15) is 24.3 Å². The number of nitrogens with zero attached hydrogens (tertiary/aromatic N) is 5. The van der Waals surface area contributed by atoms with E-state index < -0.39 is 10.0 Å². The molecular weight excluding hydrogens is 358 g/mol. The molecule has 0 spiro atoms. The fraction of sp³-hybridized carbons (Fsp3) is 0.467. The highest BCUT2D eigenvalue weighted by atomic mass is 32.2. The fourth-order valence-corrected chi connectivity index (χ4v) is 2.42. The Labute approximate surface area is 152 Å². The third-order valence-corrected chi connectivity index (χ3v) is 5.10. The molecule has 2 N–H and O–H groups in total. The third kappa shape index (κ3) is 5.23. The van der Waals surface area contributed by atoms with Gasteiger partial charge in [-0.25, -0.2) is 23.4 Å². The van der Waals surface area contributed by atoms with E-state index >= 15 is 0 Å². The molecule has 0 radical (unpaired) electrons. The second-order valence-electron chi connectivity index (χ2n) is 5.84. The van der Waals surface area contributed by atoms with Crippen LogP contribution in [0.2, 0.25) is 0 Å². The van der Waals surface area contributed by atoms with E-state index in [2.05, 4.69) is 25.6 Å². The lowest BCUT2D eigenvalue weighted by atomic mass is 10.4. The number of amides is 1. The average molecular weight is 381 g/mol. The van der Waals surface area contributed by atoms with Crippen LogP contribution in [0.1, 0.15) is 11.4 Å². The molecule has 0 saturated carbocycles. The predicted molar refractivity (Wildman–Crippen MR) is 97.6 cm³/mol. The average Bonchev–Trinajstić information content (AvgIpc) is 2.90. The van der Waals surface area contributed by atoms with Crippen LogP contribution in [0.4, 0.5) is 5.82 Å². The SMILES string of the molecule is Cc1ncn(-c2cc(NCCNC(=O)CN(C)S(C)(=O)=O)ncn2)c1C. The van der Waals surface area contributed by atoms with Crippen LogP contribution in [0, 0.1) is 13.8 Å². The van der Waals surface area contributed by atoms with Crippen molar-refractivity contribution in [2.45, 2.75) is 13.8 Å². The summed E-state index contributed by atoms with van der Waals surface area (Å²) in [7, 11) is -2.02. The molecule has 2 rings (SSSR count). The maximum absolute atomic E-state index is 11.7. The number of carbonyl (C=O) groups excluding carboxylic acids is 1. The lowest BCUT2D eigenvalue weighted by Crippen LogP contribution is -2.39. The second-order valence-corrected chi connectivity index (χ2v) is 7.93. The van der Waals surface area contributed by atoms with E-state index in [9.17, 15) is 13.2 Å². The molecule has 11 heteroatoms. The monoisotopic (exact) mass is 381 g/mol. The first-order valence-electron chi connectivity index (χ1n) is 7.93. The van der Waals surface area contributed by atoms with Crippen molar-refractivity contribution in [2.24, 2.45) is 0 Å². The summed E-state index contributed by atoms with van der Waals surface area (Å²) in [6.45, 7) is 4.44. The predicted octanol–water partition coefficient (Wildman–Crippen LogP) is -0.301. The number of hydrogen-bond acceptors (Lipinski definition) is 7. The molecule has 0 atom stereocenters. The number of likely N-dealkylation sites (N-methyl/N-ethyl adjacent to an activating group) is 1. The highest BCUT2D eigenvalue weighted by Gasteiger charge is 2.14. The Hall–Kier alpha value is -2.53. The molecule has 2 heterocycles. The summed E-state index contributed by atoms with van der Waals surface area (Å²) in [6.07, 6.45) is 4.21. The summed E-state index contributed by atoms with van der Waals surface area (Å²) in [5, 5.41) is 5.74. The van der Waals surface area contributed by atoms with Crippen LogP contribution in [0.25, 0.3) is 5.82 Å². The number of carbonyl (C=O) groups is 1. The van der Waals surface area contributed by atoms with Crippen molar-refractivity contribution in [3.63, 3.8) is 0 Å². The lowest BCUT2D eigenvalue weighted by Gasteiger charge is -2.14. The van der Waals surface area contributed by atoms with E-state index in [0.717, 1.165) is 21.9 Å². The molecule has 1 amide bonds. The topological polar surface area (TPSA) is 122 Å². The highest BCUT2D eigenvalue weighted by Crippen LogP contribution is 2.13. The Morgan fingerprint density at radius 1 is 1.23 bits per heavy atom. The molecule has 26 heavy (non-hydrogen) atoms. The number of aryl methyl sites for hydroxylation is 1. The van der Waals surface area contributed by atoms with Gasteiger partial charge in [-0.05, 0) is 13.8 Å². The number of anilines is 1. The van der Waals surface area contributed by atoms with E-state index in [1.807, 2.05) is 18.4 Å². The fourth-order valence-electron chi connectivity index (χ4n) is 2.07. The zero-order valence-corrected chi connectivity index (χ0v) is 16.0. The van der Waals surface area contributed by atoms with Crippen LogP contribution in [0.5, 0.6) is 0 Å². The molecule has 0 saturated heterocycles. The van der Waals surface area contributed by atoms with Crippen molar-refractivity contribution < 1.29 is 13.2 Å². The third-order valence-electron chi connectivity index (χ3n) is 3.84. The molecular formula is C15H23N7O3S. The Balaban J connectivity index is 1.84. The summed E-state index contributed by atoms with van der Waals surface area (Å²) < 4.78 is 25.4. The maximum Gasteiger partial charge on any atom is 0.235 e. The number of hydrogen-bond donors (Lipinski definition) is 2. The van der Waals surface area contributed by atoms with Crippen LogP contribution in [0.15, 0.2) is 18.7 Å². The summed E-state index contributed by atoms with van der Waals surface area (Å²) in [4.78, 5) is 24.3. The molecule has 0 aliphatic rings. The highest BCUT2D eigenvalue weighted by molar-refractivity contribution is 7.88. The Bertz CT molecular complexity index is 879. The molecule has 2 aromatic rings. The number of aromatic nitrogens is 4. The van der Waals surface area contributed by atoms with Crippen molar-refractivity contribution >= 4 is 21.7 Å². The van der Waals surface area contributed by atoms with Gasteiger partial charge in [0, 0.05) is 31.9 Å². The van der Waals surface area contributed by atoms with Gasteiger partial charge in [-0.2, -0.15) is 4.31 Å². The smallest absolute Gasteiger partial charge is 0.235 e. The van der Waals surface area contributed by atoms with E-state index in [4.69, 9.17) is 0 Å². The van der Waals surface area contributed by atoms with Gasteiger partial charge in [0.15, 0.2) is 0 Å². The van der Waals surface area contributed by atoms with Gasteiger partial charge in [-0.15, -0.1) is 0 Å². The molecule has 0 aliphatic heterocycles. The van der Waals surface area contributed by atoms with Crippen molar-refractivity contribution in [1.82, 2.24) is 29.1 Å². The normalized spacial score (nSPS) is 11.6. The van der Waals surface area contributed by atoms with E-state index in [1.54, 1.807) is 12.4 Å². The zero-order valence-electron chi connectivity index (χ0n) is 15.2. The Morgan fingerprint density at radius 3 is 2.58 bits per heavy atom. The summed E-state index contributed by atoms with van der Waals surface area (Å²) in [5.41, 5.74) is 1.93. The molecule has 0 bridgehead atoms. The standard InChI is InChI=1S/C15H23N7O3S/c1-11-12(2)22(10-20-11)14-7-13(18-9-19-14)16-5-6-17-15(23)8-21(3)26(4,24)25/h7,9-10H,5-6,8H2,1-4H3,(H,17,23)(H,16,18,19).